The van der Waals surface area contributed by atoms with Crippen LogP contribution in [0.3, 0.4) is 0 Å². The molecule has 0 spiro atoms. The molecule has 0 radical (unpaired) electrons. The molecule has 6 heterocycles. The molecule has 3 aliphatic heterocycles. The Bertz CT molecular complexity index is 2930. The number of pyridine rings is 1. The fourth-order valence-corrected chi connectivity index (χ4v) is 9.74. The number of aromatic nitrogens is 5. The first-order valence-electron chi connectivity index (χ1n) is 24.5. The summed E-state index contributed by atoms with van der Waals surface area (Å²) in [6.45, 7) is 9.29. The fraction of sp³-hybridized carbons (Fsp3) is 0.377. The largest absolute Gasteiger partial charge is 0.338 e. The van der Waals surface area contributed by atoms with Crippen LogP contribution in [0.25, 0.3) is 21.9 Å². The summed E-state index contributed by atoms with van der Waals surface area (Å²) < 4.78 is 15.1. The smallest absolute Gasteiger partial charge is 0.274 e. The van der Waals surface area contributed by atoms with Gasteiger partial charge in [0.05, 0.1) is 41.6 Å². The van der Waals surface area contributed by atoms with Crippen LogP contribution >= 0.6 is 0 Å². The van der Waals surface area contributed by atoms with Crippen LogP contribution in [-0.2, 0) is 29.0 Å². The zero-order chi connectivity index (χ0) is 49.3. The topological polar surface area (TPSA) is 193 Å². The second-order valence-corrected chi connectivity index (χ2v) is 18.6. The second-order valence-electron chi connectivity index (χ2n) is 18.6. The van der Waals surface area contributed by atoms with Crippen LogP contribution in [0.5, 0.6) is 0 Å². The summed E-state index contributed by atoms with van der Waals surface area (Å²) >= 11 is 0. The molecule has 368 valence electrons. The number of halogens is 1. The molecule has 3 aromatic heterocycles. The van der Waals surface area contributed by atoms with Crippen molar-refractivity contribution in [2.45, 2.75) is 39.2 Å². The van der Waals surface area contributed by atoms with Crippen LogP contribution in [0, 0.1) is 11.7 Å². The van der Waals surface area contributed by atoms with E-state index in [0.29, 0.717) is 92.4 Å². The highest BCUT2D eigenvalue weighted by Crippen LogP contribution is 2.28. The van der Waals surface area contributed by atoms with E-state index >= 15 is 4.39 Å². The van der Waals surface area contributed by atoms with Gasteiger partial charge in [-0.05, 0) is 90.9 Å². The van der Waals surface area contributed by atoms with Crippen molar-refractivity contribution in [3.8, 4) is 11.1 Å². The third-order valence-electron chi connectivity index (χ3n) is 13.9. The summed E-state index contributed by atoms with van der Waals surface area (Å²) in [6, 6.07) is 23.5. The first-order valence-corrected chi connectivity index (χ1v) is 24.5. The highest BCUT2D eigenvalue weighted by atomic mass is 19.1. The summed E-state index contributed by atoms with van der Waals surface area (Å²) in [5.41, 5.74) is 5.42. The number of benzene rings is 3. The van der Waals surface area contributed by atoms with Crippen molar-refractivity contribution in [3.63, 3.8) is 0 Å². The second kappa shape index (κ2) is 22.6. The summed E-state index contributed by atoms with van der Waals surface area (Å²) in [7, 11) is 0. The van der Waals surface area contributed by atoms with Gasteiger partial charge in [0.2, 0.25) is 11.8 Å². The minimum absolute atomic E-state index is 0.0261. The molecule has 18 heteroatoms. The summed E-state index contributed by atoms with van der Waals surface area (Å²) in [4.78, 5) is 81.1. The number of aryl methyl sites for hydroxylation is 1. The van der Waals surface area contributed by atoms with Gasteiger partial charge in [-0.3, -0.25) is 33.8 Å². The minimum Gasteiger partial charge on any atom is -0.338 e. The van der Waals surface area contributed by atoms with Crippen molar-refractivity contribution in [1.29, 1.82) is 0 Å². The van der Waals surface area contributed by atoms with E-state index in [1.165, 1.54) is 11.6 Å². The number of likely N-dealkylation sites (tertiary alicyclic amines) is 1. The Morgan fingerprint density at radius 3 is 2.23 bits per heavy atom. The van der Waals surface area contributed by atoms with Gasteiger partial charge in [-0.1, -0.05) is 55.5 Å². The number of hydrogen-bond acceptors (Lipinski definition) is 12. The number of H-pyrrole nitrogens is 1. The molecule has 9 rings (SSSR count). The molecule has 0 aliphatic carbocycles. The first kappa shape index (κ1) is 48.7. The number of piperazine rings is 2. The van der Waals surface area contributed by atoms with Crippen molar-refractivity contribution in [2.24, 2.45) is 5.92 Å². The monoisotopic (exact) mass is 962 g/mol. The van der Waals surface area contributed by atoms with E-state index in [1.54, 1.807) is 52.7 Å². The Morgan fingerprint density at radius 1 is 0.718 bits per heavy atom. The molecule has 3 saturated heterocycles. The van der Waals surface area contributed by atoms with Gasteiger partial charge in [0.1, 0.15) is 5.82 Å². The maximum atomic E-state index is 15.1. The Morgan fingerprint density at radius 2 is 1.46 bits per heavy atom. The molecular formula is C53H59FN12O5. The molecule has 3 aliphatic rings. The Balaban J connectivity index is 0.721. The SMILES string of the molecule is CCc1cccc(-c2cnc(C(=O)N3CCN(CC4CCN(CC(=O)N5CCN(C(=O)c6cc(Cc7n[nH]c(=O)c8ccccc78)ccc6F)CC5)CC4)CC3)c(NC(=O)CNCc3ccnnc3)c2)c1. The van der Waals surface area contributed by atoms with Crippen LogP contribution < -0.4 is 16.2 Å². The average molecular weight is 963 g/mol. The van der Waals surface area contributed by atoms with Crippen molar-refractivity contribution >= 4 is 40.1 Å². The van der Waals surface area contributed by atoms with Crippen molar-refractivity contribution in [3.05, 3.63) is 147 Å². The molecule has 17 nitrogen and oxygen atoms in total. The molecule has 6 aromatic rings. The van der Waals surface area contributed by atoms with Gasteiger partial charge in [0.15, 0.2) is 5.69 Å². The van der Waals surface area contributed by atoms with E-state index in [1.807, 2.05) is 41.3 Å². The number of amides is 4. The lowest BCUT2D eigenvalue weighted by molar-refractivity contribution is -0.134. The summed E-state index contributed by atoms with van der Waals surface area (Å²) in [5.74, 6) is -1.05. The number of aromatic amines is 1. The highest BCUT2D eigenvalue weighted by Gasteiger charge is 2.31. The zero-order valence-corrected chi connectivity index (χ0v) is 40.0. The van der Waals surface area contributed by atoms with Crippen molar-refractivity contribution in [2.75, 3.05) is 90.4 Å². The molecule has 3 fully saturated rings. The molecule has 0 bridgehead atoms. The van der Waals surface area contributed by atoms with E-state index < -0.39 is 11.7 Å². The molecular weight excluding hydrogens is 904 g/mol. The molecule has 0 atom stereocenters. The molecule has 3 aromatic carbocycles. The third kappa shape index (κ3) is 12.0. The molecule has 3 N–H and O–H groups in total. The van der Waals surface area contributed by atoms with E-state index in [0.717, 1.165) is 68.7 Å². The van der Waals surface area contributed by atoms with Gasteiger partial charge in [0.25, 0.3) is 17.4 Å². The highest BCUT2D eigenvalue weighted by molar-refractivity contribution is 6.03. The Labute approximate surface area is 411 Å². The number of anilines is 1. The molecule has 0 unspecified atom stereocenters. The zero-order valence-electron chi connectivity index (χ0n) is 40.0. The number of carbonyl (C=O) groups is 4. The normalized spacial score (nSPS) is 16.1. The van der Waals surface area contributed by atoms with Crippen LogP contribution in [0.15, 0.2) is 102 Å². The van der Waals surface area contributed by atoms with Gasteiger partial charge in [0, 0.05) is 95.2 Å². The van der Waals surface area contributed by atoms with Crippen LogP contribution in [-0.4, -0.2) is 159 Å². The number of carbonyl (C=O) groups excluding carboxylic acids is 4. The van der Waals surface area contributed by atoms with Crippen molar-refractivity contribution in [1.82, 2.24) is 55.2 Å². The number of rotatable bonds is 15. The van der Waals surface area contributed by atoms with Crippen LogP contribution in [0.2, 0.25) is 0 Å². The van der Waals surface area contributed by atoms with Crippen LogP contribution in [0.4, 0.5) is 10.1 Å². The first-order chi connectivity index (χ1) is 34.6. The number of nitrogens with one attached hydrogen (secondary N) is 3. The van der Waals surface area contributed by atoms with Gasteiger partial charge < -0.3 is 25.3 Å². The predicted octanol–water partition coefficient (Wildman–Crippen LogP) is 4.25. The van der Waals surface area contributed by atoms with E-state index in [9.17, 15) is 24.0 Å². The maximum Gasteiger partial charge on any atom is 0.274 e. The quantitative estimate of drug-likeness (QED) is 0.133. The Kier molecular flexibility index (Phi) is 15.5. The molecule has 4 amide bonds. The van der Waals surface area contributed by atoms with Gasteiger partial charge in [-0.15, -0.1) is 0 Å². The number of piperidine rings is 1. The summed E-state index contributed by atoms with van der Waals surface area (Å²) in [5, 5.41) is 21.8. The number of nitrogens with zero attached hydrogens (tertiary/aromatic N) is 9. The minimum atomic E-state index is -0.611. The van der Waals surface area contributed by atoms with Gasteiger partial charge in [-0.25, -0.2) is 14.5 Å². The molecule has 71 heavy (non-hydrogen) atoms. The van der Waals surface area contributed by atoms with Crippen molar-refractivity contribution < 1.29 is 23.6 Å². The van der Waals surface area contributed by atoms with E-state index in [4.69, 9.17) is 0 Å². The molecule has 0 saturated carbocycles. The van der Waals surface area contributed by atoms with Crippen LogP contribution in [0.1, 0.15) is 63.0 Å². The van der Waals surface area contributed by atoms with E-state index in [2.05, 4.69) is 64.9 Å². The van der Waals surface area contributed by atoms with Gasteiger partial charge >= 0.3 is 0 Å². The fourth-order valence-electron chi connectivity index (χ4n) is 9.74. The lowest BCUT2D eigenvalue weighted by Gasteiger charge is -2.39. The van der Waals surface area contributed by atoms with Gasteiger partial charge in [-0.2, -0.15) is 15.3 Å². The number of fused-ring (bicyclic) bond motifs is 1. The number of hydrogen-bond donors (Lipinski definition) is 3. The standard InChI is InChI=1S/C53H59FN12O5/c1-2-36-6-5-7-40(26-36)41-29-47(59-48(67)33-55-30-39-12-15-57-58-31-39)50(56-32-41)53(71)66-20-18-63(19-21-66)34-37-13-16-62(17-14-37)35-49(68)64-22-24-65(25-23-64)52(70)44-27-38(10-11-45(44)54)28-46-42-8-3-4-9-43(42)51(69)61-60-46/h3-12,15,26-27,29,31-32,37,55H,2,13-14,16-25,28,30,33-35H2,1H3,(H,59,67)(H,61,69). The predicted molar refractivity (Wildman–Crippen MR) is 267 cm³/mol. The Hall–Kier alpha value is -7.28. The lowest BCUT2D eigenvalue weighted by Crippen LogP contribution is -2.53. The average Bonchev–Trinajstić information content (AvgIpc) is 3.40. The maximum absolute atomic E-state index is 15.1. The third-order valence-corrected chi connectivity index (χ3v) is 13.9. The van der Waals surface area contributed by atoms with E-state index in [-0.39, 0.29) is 41.1 Å². The summed E-state index contributed by atoms with van der Waals surface area (Å²) in [6.07, 6.45) is 8.05. The lowest BCUT2D eigenvalue weighted by atomic mass is 9.96.